The molecule has 3 rings (SSSR count). The van der Waals surface area contributed by atoms with Gasteiger partial charge < -0.3 is 42.5 Å². The van der Waals surface area contributed by atoms with Crippen LogP contribution in [0.15, 0.2) is 36.4 Å². The normalized spacial score (nSPS) is 18.6. The van der Waals surface area contributed by atoms with Gasteiger partial charge in [0.15, 0.2) is 0 Å². The summed E-state index contributed by atoms with van der Waals surface area (Å²) in [6, 6.07) is 12.1. The summed E-state index contributed by atoms with van der Waals surface area (Å²) in [5, 5.41) is 27.5. The maximum Gasteiger partial charge on any atom is 0.128 e. The van der Waals surface area contributed by atoms with Gasteiger partial charge >= 0.3 is 0 Å². The summed E-state index contributed by atoms with van der Waals surface area (Å²) in [7, 11) is 0. The van der Waals surface area contributed by atoms with Gasteiger partial charge in [-0.05, 0) is 63.3 Å². The number of pyridine rings is 2. The molecule has 4 bridgehead atoms. The summed E-state index contributed by atoms with van der Waals surface area (Å²) in [6.45, 7) is 11.0. The maximum absolute atomic E-state index is 4.63. The SMILES string of the molecule is c1cc2nc(c1)NCCNCCCNCCNc1cccc(n1)NCCNCCCNCCN2. The molecule has 0 spiro atoms. The van der Waals surface area contributed by atoms with Crippen molar-refractivity contribution in [2.75, 3.05) is 99.8 Å². The van der Waals surface area contributed by atoms with Crippen molar-refractivity contribution in [1.82, 2.24) is 31.2 Å². The van der Waals surface area contributed by atoms with Crippen LogP contribution in [0.1, 0.15) is 12.8 Å². The molecule has 3 heterocycles. The number of aromatic nitrogens is 2. The molecular formula is C24H42N10. The highest BCUT2D eigenvalue weighted by atomic mass is 15.1. The molecule has 0 radical (unpaired) electrons. The highest BCUT2D eigenvalue weighted by molar-refractivity contribution is 5.45. The van der Waals surface area contributed by atoms with Crippen molar-refractivity contribution in [2.24, 2.45) is 0 Å². The highest BCUT2D eigenvalue weighted by Crippen LogP contribution is 2.09. The third-order valence-electron chi connectivity index (χ3n) is 5.34. The molecule has 2 aromatic heterocycles. The van der Waals surface area contributed by atoms with Crippen LogP contribution in [0.3, 0.4) is 0 Å². The first kappa shape index (κ1) is 26.0. The van der Waals surface area contributed by atoms with Crippen molar-refractivity contribution in [2.45, 2.75) is 12.8 Å². The van der Waals surface area contributed by atoms with Crippen LogP contribution in [0, 0.1) is 0 Å². The Morgan fingerprint density at radius 1 is 0.382 bits per heavy atom. The maximum atomic E-state index is 4.63. The second-order valence-electron chi connectivity index (χ2n) is 8.23. The van der Waals surface area contributed by atoms with Crippen molar-refractivity contribution in [3.05, 3.63) is 36.4 Å². The first-order chi connectivity index (χ1) is 16.9. The predicted octanol–water partition coefficient (Wildman–Crippen LogP) is 0.977. The summed E-state index contributed by atoms with van der Waals surface area (Å²) >= 11 is 0. The summed E-state index contributed by atoms with van der Waals surface area (Å²) in [4.78, 5) is 9.26. The fourth-order valence-corrected chi connectivity index (χ4v) is 3.56. The van der Waals surface area contributed by atoms with Gasteiger partial charge in [-0.15, -0.1) is 0 Å². The Bertz CT molecular complexity index is 668. The van der Waals surface area contributed by atoms with Crippen LogP contribution in [-0.4, -0.2) is 88.5 Å². The molecule has 1 aliphatic heterocycles. The molecule has 188 valence electrons. The van der Waals surface area contributed by atoms with Crippen molar-refractivity contribution in [3.63, 3.8) is 0 Å². The van der Waals surface area contributed by atoms with Crippen LogP contribution < -0.4 is 42.5 Å². The van der Waals surface area contributed by atoms with E-state index in [1.54, 1.807) is 0 Å². The third kappa shape index (κ3) is 11.5. The summed E-state index contributed by atoms with van der Waals surface area (Å²) in [5.41, 5.74) is 0. The average Bonchev–Trinajstić information content (AvgIpc) is 2.86. The Kier molecular flexibility index (Phi) is 12.9. The molecule has 34 heavy (non-hydrogen) atoms. The lowest BCUT2D eigenvalue weighted by Crippen LogP contribution is -2.29. The number of rotatable bonds is 0. The summed E-state index contributed by atoms with van der Waals surface area (Å²) in [6.07, 6.45) is 2.19. The van der Waals surface area contributed by atoms with Crippen molar-refractivity contribution in [3.8, 4) is 0 Å². The molecule has 2 aromatic rings. The van der Waals surface area contributed by atoms with Crippen LogP contribution in [0.5, 0.6) is 0 Å². The van der Waals surface area contributed by atoms with Gasteiger partial charge in [-0.1, -0.05) is 12.1 Å². The standard InChI is InChI=1S/C24H42N10/c1-5-21-29-17-13-25-9-3-11-27-15-19-31-23-7-2-8-24(34-23)32-20-16-28-12-4-10-26-14-18-30-22(6-1)33-21/h1-2,5-8,25-28H,3-4,9-20H2,(H2,29,30,33)(H2,31,32,34). The fourth-order valence-electron chi connectivity index (χ4n) is 3.56. The molecule has 0 fully saturated rings. The number of nitrogens with one attached hydrogen (secondary N) is 8. The number of fused-ring (bicyclic) bond motifs is 4. The van der Waals surface area contributed by atoms with E-state index in [-0.39, 0.29) is 0 Å². The van der Waals surface area contributed by atoms with Crippen LogP contribution in [0.2, 0.25) is 0 Å². The lowest BCUT2D eigenvalue weighted by atomic mass is 10.4. The molecule has 10 nitrogen and oxygen atoms in total. The van der Waals surface area contributed by atoms with E-state index in [1.165, 1.54) is 0 Å². The second kappa shape index (κ2) is 16.9. The third-order valence-corrected chi connectivity index (χ3v) is 5.34. The Balaban J connectivity index is 1.39. The zero-order valence-corrected chi connectivity index (χ0v) is 20.3. The fraction of sp³-hybridized carbons (Fsp3) is 0.583. The van der Waals surface area contributed by atoms with Gasteiger partial charge in [0.05, 0.1) is 0 Å². The number of hydrogen-bond donors (Lipinski definition) is 8. The second-order valence-corrected chi connectivity index (χ2v) is 8.23. The van der Waals surface area contributed by atoms with Gasteiger partial charge in [0.25, 0.3) is 0 Å². The molecular weight excluding hydrogens is 428 g/mol. The molecule has 8 N–H and O–H groups in total. The topological polar surface area (TPSA) is 122 Å². The monoisotopic (exact) mass is 470 g/mol. The minimum Gasteiger partial charge on any atom is -0.369 e. The van der Waals surface area contributed by atoms with E-state index >= 15 is 0 Å². The average molecular weight is 471 g/mol. The molecule has 0 unspecified atom stereocenters. The Hall–Kier alpha value is -2.66. The minimum absolute atomic E-state index is 0.852. The number of anilines is 4. The molecule has 0 aliphatic carbocycles. The van der Waals surface area contributed by atoms with E-state index in [2.05, 4.69) is 52.5 Å². The Morgan fingerprint density at radius 2 is 0.676 bits per heavy atom. The zero-order chi connectivity index (χ0) is 23.5. The van der Waals surface area contributed by atoms with Gasteiger partial charge in [0.2, 0.25) is 0 Å². The van der Waals surface area contributed by atoms with E-state index < -0.39 is 0 Å². The van der Waals surface area contributed by atoms with Crippen molar-refractivity contribution < 1.29 is 0 Å². The first-order valence-corrected chi connectivity index (χ1v) is 12.6. The van der Waals surface area contributed by atoms with Gasteiger partial charge in [-0.3, -0.25) is 0 Å². The number of nitrogens with zero attached hydrogens (tertiary/aromatic N) is 2. The molecule has 0 aromatic carbocycles. The van der Waals surface area contributed by atoms with Gasteiger partial charge in [-0.2, -0.15) is 0 Å². The van der Waals surface area contributed by atoms with E-state index in [1.807, 2.05) is 36.4 Å². The Morgan fingerprint density at radius 3 is 0.971 bits per heavy atom. The van der Waals surface area contributed by atoms with E-state index in [4.69, 9.17) is 0 Å². The molecule has 1 aliphatic rings. The summed E-state index contributed by atoms with van der Waals surface area (Å²) in [5.74, 6) is 3.62. The minimum atomic E-state index is 0.852. The first-order valence-electron chi connectivity index (χ1n) is 12.6. The highest BCUT2D eigenvalue weighted by Gasteiger charge is 1.99. The Labute approximate surface area is 203 Å². The molecule has 10 heteroatoms. The van der Waals surface area contributed by atoms with E-state index in [0.29, 0.717) is 0 Å². The van der Waals surface area contributed by atoms with Crippen LogP contribution in [0.25, 0.3) is 0 Å². The van der Waals surface area contributed by atoms with Gasteiger partial charge in [0, 0.05) is 52.4 Å². The quantitative estimate of drug-likeness (QED) is 0.283. The number of hydrogen-bond acceptors (Lipinski definition) is 10. The molecule has 0 atom stereocenters. The van der Waals surface area contributed by atoms with Crippen LogP contribution in [0.4, 0.5) is 23.3 Å². The van der Waals surface area contributed by atoms with Crippen molar-refractivity contribution in [1.29, 1.82) is 0 Å². The smallest absolute Gasteiger partial charge is 0.128 e. The molecule has 0 saturated carbocycles. The predicted molar refractivity (Wildman–Crippen MR) is 143 cm³/mol. The van der Waals surface area contributed by atoms with Gasteiger partial charge in [0.1, 0.15) is 23.3 Å². The van der Waals surface area contributed by atoms with E-state index in [0.717, 1.165) is 115 Å². The van der Waals surface area contributed by atoms with Gasteiger partial charge in [-0.25, -0.2) is 9.97 Å². The largest absolute Gasteiger partial charge is 0.369 e. The van der Waals surface area contributed by atoms with E-state index in [9.17, 15) is 0 Å². The molecule has 0 amide bonds. The summed E-state index contributed by atoms with van der Waals surface area (Å²) < 4.78 is 0. The lowest BCUT2D eigenvalue weighted by molar-refractivity contribution is 0.607. The lowest BCUT2D eigenvalue weighted by Gasteiger charge is -2.12. The molecule has 0 saturated heterocycles. The van der Waals surface area contributed by atoms with Crippen LogP contribution in [-0.2, 0) is 0 Å². The van der Waals surface area contributed by atoms with Crippen LogP contribution >= 0.6 is 0 Å². The van der Waals surface area contributed by atoms with Crippen molar-refractivity contribution >= 4 is 23.3 Å². The zero-order valence-electron chi connectivity index (χ0n) is 20.3.